The molecule has 1 atom stereocenters. The van der Waals surface area contributed by atoms with Crippen LogP contribution in [0.4, 0.5) is 30.2 Å². The number of nitrogens with zero attached hydrogens (tertiary/aromatic N) is 1. The zero-order chi connectivity index (χ0) is 19.6. The van der Waals surface area contributed by atoms with Crippen molar-refractivity contribution in [2.24, 2.45) is 5.92 Å². The smallest absolute Gasteiger partial charge is 0.416 e. The van der Waals surface area contributed by atoms with Crippen LogP contribution in [0.5, 0.6) is 0 Å². The number of amides is 1. The molecule has 8 heteroatoms. The number of piperidine rings is 1. The highest BCUT2D eigenvalue weighted by Crippen LogP contribution is 2.34. The maximum absolute atomic E-state index is 12.7. The summed E-state index contributed by atoms with van der Waals surface area (Å²) in [5.41, 5.74) is 0.821. The molecule has 2 aromatic rings. The number of benzene rings is 2. The monoisotopic (exact) mass is 378 g/mol. The lowest BCUT2D eigenvalue weighted by Crippen LogP contribution is -2.41. The van der Waals surface area contributed by atoms with Crippen molar-refractivity contribution in [1.82, 2.24) is 0 Å². The number of hydrogen-bond donors (Lipinski definition) is 2. The molecule has 1 fully saturated rings. The molecule has 1 saturated heterocycles. The van der Waals surface area contributed by atoms with Crippen molar-refractivity contribution in [3.05, 3.63) is 54.1 Å². The number of carbonyl (C=O) groups is 2. The van der Waals surface area contributed by atoms with Gasteiger partial charge in [0.25, 0.3) is 0 Å². The van der Waals surface area contributed by atoms with Crippen LogP contribution in [-0.4, -0.2) is 23.5 Å². The molecule has 2 N–H and O–H groups in total. The number of carbonyl (C=O) groups excluding carboxylic acids is 1. The van der Waals surface area contributed by atoms with Crippen molar-refractivity contribution < 1.29 is 27.9 Å². The van der Waals surface area contributed by atoms with Gasteiger partial charge in [0.05, 0.1) is 22.9 Å². The fourth-order valence-corrected chi connectivity index (χ4v) is 3.01. The van der Waals surface area contributed by atoms with Crippen molar-refractivity contribution in [3.63, 3.8) is 0 Å². The average molecular weight is 378 g/mol. The van der Waals surface area contributed by atoms with Gasteiger partial charge in [-0.1, -0.05) is 12.1 Å². The van der Waals surface area contributed by atoms with Crippen LogP contribution in [0.1, 0.15) is 18.4 Å². The van der Waals surface area contributed by atoms with Crippen LogP contribution in [0.25, 0.3) is 0 Å². The number of alkyl halides is 3. The van der Waals surface area contributed by atoms with E-state index in [2.05, 4.69) is 5.32 Å². The second-order valence-electron chi connectivity index (χ2n) is 6.29. The van der Waals surface area contributed by atoms with Crippen molar-refractivity contribution >= 4 is 28.9 Å². The minimum absolute atomic E-state index is 0.0794. The lowest BCUT2D eigenvalue weighted by Gasteiger charge is -2.31. The molecular weight excluding hydrogens is 361 g/mol. The van der Waals surface area contributed by atoms with E-state index in [-0.39, 0.29) is 18.9 Å². The summed E-state index contributed by atoms with van der Waals surface area (Å²) >= 11 is 0. The number of carboxylic acids is 1. The average Bonchev–Trinajstić information content (AvgIpc) is 2.62. The number of rotatable bonds is 4. The molecule has 2 aromatic carbocycles. The standard InChI is InChI=1S/C19H17F3N2O3/c20-19(21,22)13-5-7-14(8-6-13)23-15-3-1-2-4-16(15)24-10-9-12(18(26)27)11-17(24)25/h1-8,12,23H,9-11H2,(H,26,27). The number of halogens is 3. The molecule has 0 aromatic heterocycles. The highest BCUT2D eigenvalue weighted by atomic mass is 19.4. The van der Waals surface area contributed by atoms with Gasteiger partial charge in [-0.15, -0.1) is 0 Å². The number of carboxylic acid groups (broad SMARTS) is 1. The predicted octanol–water partition coefficient (Wildman–Crippen LogP) is 4.28. The van der Waals surface area contributed by atoms with Gasteiger partial charge in [-0.05, 0) is 42.8 Å². The molecule has 0 aliphatic carbocycles. The Bertz CT molecular complexity index is 850. The lowest BCUT2D eigenvalue weighted by molar-refractivity contribution is -0.144. The molecule has 0 radical (unpaired) electrons. The topological polar surface area (TPSA) is 69.6 Å². The molecule has 1 heterocycles. The van der Waals surface area contributed by atoms with E-state index in [1.165, 1.54) is 17.0 Å². The number of hydrogen-bond acceptors (Lipinski definition) is 3. The van der Waals surface area contributed by atoms with Crippen LogP contribution in [0, 0.1) is 5.92 Å². The maximum Gasteiger partial charge on any atom is 0.416 e. The SMILES string of the molecule is O=C(O)C1CCN(c2ccccc2Nc2ccc(C(F)(F)F)cc2)C(=O)C1. The van der Waals surface area contributed by atoms with Crippen LogP contribution in [0.15, 0.2) is 48.5 Å². The molecule has 0 bridgehead atoms. The van der Waals surface area contributed by atoms with E-state index in [4.69, 9.17) is 5.11 Å². The van der Waals surface area contributed by atoms with Gasteiger partial charge in [0, 0.05) is 18.7 Å². The third-order valence-corrected chi connectivity index (χ3v) is 4.46. The van der Waals surface area contributed by atoms with Gasteiger partial charge >= 0.3 is 12.1 Å². The van der Waals surface area contributed by atoms with Crippen molar-refractivity contribution in [2.45, 2.75) is 19.0 Å². The van der Waals surface area contributed by atoms with Gasteiger partial charge in [0.1, 0.15) is 0 Å². The molecule has 1 aliphatic rings. The van der Waals surface area contributed by atoms with E-state index in [0.29, 0.717) is 23.5 Å². The molecule has 27 heavy (non-hydrogen) atoms. The fraction of sp³-hybridized carbons (Fsp3) is 0.263. The first-order valence-electron chi connectivity index (χ1n) is 8.32. The number of para-hydroxylation sites is 2. The van der Waals surface area contributed by atoms with E-state index < -0.39 is 23.6 Å². The summed E-state index contributed by atoms with van der Waals surface area (Å²) in [6, 6.07) is 11.5. The first-order valence-corrected chi connectivity index (χ1v) is 8.32. The zero-order valence-electron chi connectivity index (χ0n) is 14.2. The molecule has 5 nitrogen and oxygen atoms in total. The van der Waals surface area contributed by atoms with Gasteiger partial charge in [-0.3, -0.25) is 9.59 Å². The van der Waals surface area contributed by atoms with Crippen LogP contribution < -0.4 is 10.2 Å². The van der Waals surface area contributed by atoms with Gasteiger partial charge < -0.3 is 15.3 Å². The quantitative estimate of drug-likeness (QED) is 0.833. The van der Waals surface area contributed by atoms with E-state index >= 15 is 0 Å². The summed E-state index contributed by atoms with van der Waals surface area (Å²) in [6.07, 6.45) is -4.14. The second-order valence-corrected chi connectivity index (χ2v) is 6.29. The van der Waals surface area contributed by atoms with Crippen LogP contribution in [0.3, 0.4) is 0 Å². The summed E-state index contributed by atoms with van der Waals surface area (Å²) in [6.45, 7) is 0.265. The van der Waals surface area contributed by atoms with Crippen LogP contribution in [0.2, 0.25) is 0 Å². The highest BCUT2D eigenvalue weighted by Gasteiger charge is 2.32. The Balaban J connectivity index is 1.81. The summed E-state index contributed by atoms with van der Waals surface area (Å²) < 4.78 is 38.0. The molecule has 142 valence electrons. The Hall–Kier alpha value is -3.03. The van der Waals surface area contributed by atoms with Crippen molar-refractivity contribution in [3.8, 4) is 0 Å². The minimum Gasteiger partial charge on any atom is -0.481 e. The third-order valence-electron chi connectivity index (χ3n) is 4.46. The predicted molar refractivity (Wildman–Crippen MR) is 93.9 cm³/mol. The Morgan fingerprint density at radius 1 is 1.11 bits per heavy atom. The minimum atomic E-state index is -4.41. The third kappa shape index (κ3) is 4.21. The van der Waals surface area contributed by atoms with Gasteiger partial charge in [-0.25, -0.2) is 0 Å². The Kier molecular flexibility index (Phi) is 5.07. The maximum atomic E-state index is 12.7. The summed E-state index contributed by atoms with van der Waals surface area (Å²) in [5, 5.41) is 12.1. The Labute approximate surface area is 153 Å². The number of aliphatic carboxylic acids is 1. The largest absolute Gasteiger partial charge is 0.481 e. The molecule has 1 aliphatic heterocycles. The fourth-order valence-electron chi connectivity index (χ4n) is 3.01. The van der Waals surface area contributed by atoms with Gasteiger partial charge in [0.2, 0.25) is 5.91 Å². The number of anilines is 3. The first kappa shape index (κ1) is 18.8. The highest BCUT2D eigenvalue weighted by molar-refractivity contribution is 5.99. The van der Waals surface area contributed by atoms with Gasteiger partial charge in [0.15, 0.2) is 0 Å². The molecule has 1 unspecified atom stereocenters. The lowest BCUT2D eigenvalue weighted by atomic mass is 9.96. The van der Waals surface area contributed by atoms with E-state index in [0.717, 1.165) is 12.1 Å². The molecular formula is C19H17F3N2O3. The second kappa shape index (κ2) is 7.30. The van der Waals surface area contributed by atoms with Gasteiger partial charge in [-0.2, -0.15) is 13.2 Å². The molecule has 1 amide bonds. The van der Waals surface area contributed by atoms with Crippen molar-refractivity contribution in [2.75, 3.05) is 16.8 Å². The van der Waals surface area contributed by atoms with Crippen molar-refractivity contribution in [1.29, 1.82) is 0 Å². The van der Waals surface area contributed by atoms with Crippen LogP contribution >= 0.6 is 0 Å². The summed E-state index contributed by atoms with van der Waals surface area (Å²) in [5.74, 6) is -1.97. The molecule has 0 saturated carbocycles. The van der Waals surface area contributed by atoms with Crippen LogP contribution in [-0.2, 0) is 15.8 Å². The van der Waals surface area contributed by atoms with E-state index in [1.54, 1.807) is 24.3 Å². The first-order chi connectivity index (χ1) is 12.8. The number of nitrogens with one attached hydrogen (secondary N) is 1. The summed E-state index contributed by atoms with van der Waals surface area (Å²) in [4.78, 5) is 25.0. The van der Waals surface area contributed by atoms with E-state index in [9.17, 15) is 22.8 Å². The molecule has 3 rings (SSSR count). The summed E-state index contributed by atoms with van der Waals surface area (Å²) in [7, 11) is 0. The molecule has 0 spiro atoms. The normalized spacial score (nSPS) is 17.7. The zero-order valence-corrected chi connectivity index (χ0v) is 14.2. The Morgan fingerprint density at radius 3 is 2.37 bits per heavy atom. The van der Waals surface area contributed by atoms with E-state index in [1.807, 2.05) is 0 Å². The Morgan fingerprint density at radius 2 is 1.78 bits per heavy atom.